The Labute approximate surface area is 131 Å². The van der Waals surface area contributed by atoms with Gasteiger partial charge in [-0.2, -0.15) is 0 Å². The fourth-order valence-electron chi connectivity index (χ4n) is 1.56. The molecule has 0 fully saturated rings. The van der Waals surface area contributed by atoms with Crippen molar-refractivity contribution < 1.29 is 9.53 Å². The van der Waals surface area contributed by atoms with Crippen LogP contribution >= 0.6 is 22.6 Å². The van der Waals surface area contributed by atoms with E-state index in [2.05, 4.69) is 27.9 Å². The molecule has 4 heteroatoms. The van der Waals surface area contributed by atoms with E-state index in [0.29, 0.717) is 0 Å². The van der Waals surface area contributed by atoms with E-state index in [-0.39, 0.29) is 6.61 Å². The summed E-state index contributed by atoms with van der Waals surface area (Å²) in [5.41, 5.74) is 1.80. The van der Waals surface area contributed by atoms with Crippen molar-refractivity contribution in [3.8, 4) is 0 Å². The molecule has 2 rings (SSSR count). The standard InChI is InChI=1S/C16H14INO2/c17-14-8-10-15(11-9-14)18-16(19)20-12-4-7-13-5-2-1-3-6-13/h1-11H,12H2,(H,18,19)/b7-4+. The maximum absolute atomic E-state index is 11.5. The van der Waals surface area contributed by atoms with Gasteiger partial charge in [-0.05, 0) is 58.5 Å². The average molecular weight is 379 g/mol. The fraction of sp³-hybridized carbons (Fsp3) is 0.0625. The van der Waals surface area contributed by atoms with Gasteiger partial charge in [-0.1, -0.05) is 36.4 Å². The van der Waals surface area contributed by atoms with E-state index in [0.717, 1.165) is 14.8 Å². The molecule has 0 spiro atoms. The summed E-state index contributed by atoms with van der Waals surface area (Å²) in [6, 6.07) is 17.4. The molecule has 20 heavy (non-hydrogen) atoms. The largest absolute Gasteiger partial charge is 0.445 e. The highest BCUT2D eigenvalue weighted by atomic mass is 127. The molecule has 0 saturated heterocycles. The molecule has 102 valence electrons. The van der Waals surface area contributed by atoms with E-state index in [1.807, 2.05) is 66.7 Å². The van der Waals surface area contributed by atoms with Gasteiger partial charge in [-0.25, -0.2) is 4.79 Å². The first kappa shape index (κ1) is 14.6. The molecule has 0 atom stereocenters. The Balaban J connectivity index is 1.75. The minimum atomic E-state index is -0.455. The molecular weight excluding hydrogens is 365 g/mol. The summed E-state index contributed by atoms with van der Waals surface area (Å²) in [5, 5.41) is 2.67. The molecule has 0 saturated carbocycles. The van der Waals surface area contributed by atoms with E-state index in [4.69, 9.17) is 4.74 Å². The molecule has 2 aromatic carbocycles. The maximum atomic E-state index is 11.5. The predicted octanol–water partition coefficient (Wildman–Crippen LogP) is 4.55. The molecule has 2 aromatic rings. The van der Waals surface area contributed by atoms with Crippen LogP contribution in [0.3, 0.4) is 0 Å². The van der Waals surface area contributed by atoms with Crippen molar-refractivity contribution in [1.82, 2.24) is 0 Å². The number of amides is 1. The smallest absolute Gasteiger partial charge is 0.411 e. The van der Waals surface area contributed by atoms with Crippen molar-refractivity contribution in [2.75, 3.05) is 11.9 Å². The molecule has 0 aliphatic rings. The van der Waals surface area contributed by atoms with E-state index >= 15 is 0 Å². The molecule has 0 aromatic heterocycles. The number of benzene rings is 2. The molecule has 0 aliphatic heterocycles. The lowest BCUT2D eigenvalue weighted by molar-refractivity contribution is 0.174. The van der Waals surface area contributed by atoms with Crippen LogP contribution in [-0.2, 0) is 4.74 Å². The van der Waals surface area contributed by atoms with Crippen LogP contribution in [0.25, 0.3) is 6.08 Å². The van der Waals surface area contributed by atoms with E-state index < -0.39 is 6.09 Å². The van der Waals surface area contributed by atoms with Crippen LogP contribution in [0.1, 0.15) is 5.56 Å². The predicted molar refractivity (Wildman–Crippen MR) is 89.6 cm³/mol. The summed E-state index contributed by atoms with van der Waals surface area (Å²) in [4.78, 5) is 11.5. The molecule has 1 amide bonds. The second-order valence-corrected chi connectivity index (χ2v) is 5.29. The molecule has 0 unspecified atom stereocenters. The summed E-state index contributed by atoms with van der Waals surface area (Å²) in [7, 11) is 0. The van der Waals surface area contributed by atoms with Crippen LogP contribution in [0.15, 0.2) is 60.7 Å². The lowest BCUT2D eigenvalue weighted by atomic mass is 10.2. The third-order valence-electron chi connectivity index (χ3n) is 2.51. The van der Waals surface area contributed by atoms with Crippen LogP contribution in [0.2, 0.25) is 0 Å². The van der Waals surface area contributed by atoms with E-state index in [1.165, 1.54) is 0 Å². The van der Waals surface area contributed by atoms with Crippen LogP contribution in [0, 0.1) is 3.57 Å². The Hall–Kier alpha value is -1.82. The quantitative estimate of drug-likeness (QED) is 0.792. The van der Waals surface area contributed by atoms with Crippen LogP contribution in [0.5, 0.6) is 0 Å². The number of hydrogen-bond donors (Lipinski definition) is 1. The Morgan fingerprint density at radius 1 is 1.10 bits per heavy atom. The van der Waals surface area contributed by atoms with Crippen molar-refractivity contribution in [1.29, 1.82) is 0 Å². The molecule has 0 radical (unpaired) electrons. The second-order valence-electron chi connectivity index (χ2n) is 4.04. The fourth-order valence-corrected chi connectivity index (χ4v) is 1.92. The molecule has 3 nitrogen and oxygen atoms in total. The minimum absolute atomic E-state index is 0.241. The minimum Gasteiger partial charge on any atom is -0.445 e. The molecule has 0 aliphatic carbocycles. The van der Waals surface area contributed by atoms with Gasteiger partial charge < -0.3 is 4.74 Å². The van der Waals surface area contributed by atoms with Gasteiger partial charge in [0.05, 0.1) is 0 Å². The van der Waals surface area contributed by atoms with Gasteiger partial charge in [0, 0.05) is 9.26 Å². The van der Waals surface area contributed by atoms with Gasteiger partial charge in [-0.3, -0.25) is 5.32 Å². The van der Waals surface area contributed by atoms with Gasteiger partial charge in [0.2, 0.25) is 0 Å². The zero-order chi connectivity index (χ0) is 14.2. The summed E-state index contributed by atoms with van der Waals surface area (Å²) >= 11 is 2.21. The summed E-state index contributed by atoms with van der Waals surface area (Å²) in [5.74, 6) is 0. The third kappa shape index (κ3) is 5.05. The third-order valence-corrected chi connectivity index (χ3v) is 3.23. The monoisotopic (exact) mass is 379 g/mol. The van der Waals surface area contributed by atoms with Crippen molar-refractivity contribution in [2.45, 2.75) is 0 Å². The molecule has 0 bridgehead atoms. The van der Waals surface area contributed by atoms with Crippen molar-refractivity contribution in [3.63, 3.8) is 0 Å². The average Bonchev–Trinajstić information content (AvgIpc) is 2.47. The highest BCUT2D eigenvalue weighted by molar-refractivity contribution is 14.1. The first-order valence-corrected chi connectivity index (χ1v) is 7.23. The normalized spacial score (nSPS) is 10.4. The van der Waals surface area contributed by atoms with Crippen LogP contribution in [-0.4, -0.2) is 12.7 Å². The lowest BCUT2D eigenvalue weighted by Crippen LogP contribution is -2.13. The number of carbonyl (C=O) groups is 1. The van der Waals surface area contributed by atoms with Crippen molar-refractivity contribution >= 4 is 40.4 Å². The number of carbonyl (C=O) groups excluding carboxylic acids is 1. The summed E-state index contributed by atoms with van der Waals surface area (Å²) in [6.07, 6.45) is 3.27. The van der Waals surface area contributed by atoms with E-state index in [9.17, 15) is 4.79 Å². The van der Waals surface area contributed by atoms with Crippen LogP contribution < -0.4 is 5.32 Å². The highest BCUT2D eigenvalue weighted by Crippen LogP contribution is 2.11. The zero-order valence-corrected chi connectivity index (χ0v) is 12.9. The molecular formula is C16H14INO2. The van der Waals surface area contributed by atoms with Crippen molar-refractivity contribution in [3.05, 3.63) is 69.8 Å². The first-order chi connectivity index (χ1) is 9.74. The van der Waals surface area contributed by atoms with Gasteiger partial charge in [-0.15, -0.1) is 0 Å². The maximum Gasteiger partial charge on any atom is 0.411 e. The SMILES string of the molecule is O=C(Nc1ccc(I)cc1)OC/C=C/c1ccccc1. The summed E-state index contributed by atoms with van der Waals surface area (Å²) < 4.78 is 6.18. The lowest BCUT2D eigenvalue weighted by Gasteiger charge is -2.05. The Morgan fingerprint density at radius 3 is 2.50 bits per heavy atom. The highest BCUT2D eigenvalue weighted by Gasteiger charge is 2.01. The number of anilines is 1. The number of nitrogens with one attached hydrogen (secondary N) is 1. The first-order valence-electron chi connectivity index (χ1n) is 6.15. The second kappa shape index (κ2) is 7.69. The number of rotatable bonds is 4. The number of halogens is 1. The molecule has 1 N–H and O–H groups in total. The van der Waals surface area contributed by atoms with Gasteiger partial charge in [0.15, 0.2) is 0 Å². The van der Waals surface area contributed by atoms with Gasteiger partial charge in [0.1, 0.15) is 6.61 Å². The van der Waals surface area contributed by atoms with Crippen molar-refractivity contribution in [2.24, 2.45) is 0 Å². The van der Waals surface area contributed by atoms with E-state index in [1.54, 1.807) is 0 Å². The summed E-state index contributed by atoms with van der Waals surface area (Å²) in [6.45, 7) is 0.241. The van der Waals surface area contributed by atoms with Crippen LogP contribution in [0.4, 0.5) is 10.5 Å². The molecule has 0 heterocycles. The Morgan fingerprint density at radius 2 is 1.80 bits per heavy atom. The van der Waals surface area contributed by atoms with Gasteiger partial charge in [0.25, 0.3) is 0 Å². The Kier molecular flexibility index (Phi) is 5.61. The Bertz CT molecular complexity index is 579. The number of ether oxygens (including phenoxy) is 1. The number of hydrogen-bond acceptors (Lipinski definition) is 2. The van der Waals surface area contributed by atoms with Gasteiger partial charge >= 0.3 is 6.09 Å². The zero-order valence-electron chi connectivity index (χ0n) is 10.8. The topological polar surface area (TPSA) is 38.3 Å².